The lowest BCUT2D eigenvalue weighted by Gasteiger charge is -2.15. The van der Waals surface area contributed by atoms with Crippen LogP contribution in [0.1, 0.15) is 11.7 Å². The van der Waals surface area contributed by atoms with Crippen LogP contribution in [-0.2, 0) is 0 Å². The maximum atomic E-state index is 10.2. The number of benzene rings is 3. The molecule has 0 amide bonds. The van der Waals surface area contributed by atoms with Gasteiger partial charge in [0.25, 0.3) is 0 Å². The number of hydrogen-bond acceptors (Lipinski definition) is 2. The third-order valence-corrected chi connectivity index (χ3v) is 3.78. The molecule has 0 heterocycles. The van der Waals surface area contributed by atoms with Crippen molar-refractivity contribution in [3.8, 4) is 0 Å². The number of aliphatic hydroxyl groups is 1. The van der Waals surface area contributed by atoms with Crippen molar-refractivity contribution in [1.29, 1.82) is 0 Å². The van der Waals surface area contributed by atoms with Crippen LogP contribution in [-0.4, -0.2) is 11.7 Å². The van der Waals surface area contributed by atoms with Crippen molar-refractivity contribution in [2.24, 2.45) is 0 Å². The van der Waals surface area contributed by atoms with Gasteiger partial charge in [-0.1, -0.05) is 60.1 Å². The molecular formula is C18H16ClNO. The SMILES string of the molecule is OC(CNc1cccc2ccccc12)c1ccc(Cl)cc1. The molecule has 0 aliphatic rings. The molecule has 3 aromatic carbocycles. The Kier molecular flexibility index (Phi) is 4.09. The minimum atomic E-state index is -0.568. The van der Waals surface area contributed by atoms with E-state index in [2.05, 4.69) is 23.5 Å². The van der Waals surface area contributed by atoms with Crippen LogP contribution in [0.3, 0.4) is 0 Å². The summed E-state index contributed by atoms with van der Waals surface area (Å²) in [7, 11) is 0. The molecule has 0 aromatic heterocycles. The largest absolute Gasteiger partial charge is 0.387 e. The van der Waals surface area contributed by atoms with Crippen molar-refractivity contribution in [2.45, 2.75) is 6.10 Å². The summed E-state index contributed by atoms with van der Waals surface area (Å²) in [6.45, 7) is 0.454. The fourth-order valence-electron chi connectivity index (χ4n) is 2.39. The first-order valence-electron chi connectivity index (χ1n) is 6.89. The van der Waals surface area contributed by atoms with Gasteiger partial charge in [0.2, 0.25) is 0 Å². The highest BCUT2D eigenvalue weighted by Crippen LogP contribution is 2.24. The maximum Gasteiger partial charge on any atom is 0.0962 e. The topological polar surface area (TPSA) is 32.3 Å². The molecule has 21 heavy (non-hydrogen) atoms. The minimum absolute atomic E-state index is 0.454. The van der Waals surface area contributed by atoms with Gasteiger partial charge in [-0.3, -0.25) is 0 Å². The van der Waals surface area contributed by atoms with Crippen molar-refractivity contribution in [3.63, 3.8) is 0 Å². The minimum Gasteiger partial charge on any atom is -0.387 e. The fraction of sp³-hybridized carbons (Fsp3) is 0.111. The van der Waals surface area contributed by atoms with Gasteiger partial charge >= 0.3 is 0 Å². The Morgan fingerprint density at radius 1 is 0.905 bits per heavy atom. The summed E-state index contributed by atoms with van der Waals surface area (Å²) in [6.07, 6.45) is -0.568. The second-order valence-electron chi connectivity index (χ2n) is 4.97. The van der Waals surface area contributed by atoms with E-state index >= 15 is 0 Å². The first-order chi connectivity index (χ1) is 10.2. The Bertz CT molecular complexity index is 734. The molecule has 0 aliphatic heterocycles. The Labute approximate surface area is 129 Å². The maximum absolute atomic E-state index is 10.2. The Balaban J connectivity index is 1.76. The van der Waals surface area contributed by atoms with Crippen LogP contribution in [0.25, 0.3) is 10.8 Å². The number of anilines is 1. The van der Waals surface area contributed by atoms with Crippen molar-refractivity contribution >= 4 is 28.1 Å². The van der Waals surface area contributed by atoms with Gasteiger partial charge in [-0.25, -0.2) is 0 Å². The van der Waals surface area contributed by atoms with Crippen LogP contribution >= 0.6 is 11.6 Å². The van der Waals surface area contributed by atoms with Crippen LogP contribution in [0.2, 0.25) is 5.02 Å². The predicted octanol–water partition coefficient (Wildman–Crippen LogP) is 4.64. The number of nitrogens with one attached hydrogen (secondary N) is 1. The van der Waals surface area contributed by atoms with E-state index in [1.54, 1.807) is 12.1 Å². The normalized spacial score (nSPS) is 12.3. The van der Waals surface area contributed by atoms with Gasteiger partial charge in [-0.15, -0.1) is 0 Å². The van der Waals surface area contributed by atoms with E-state index in [0.29, 0.717) is 11.6 Å². The molecule has 1 unspecified atom stereocenters. The molecule has 3 heteroatoms. The molecule has 106 valence electrons. The van der Waals surface area contributed by atoms with Gasteiger partial charge in [-0.05, 0) is 29.1 Å². The molecule has 0 spiro atoms. The lowest BCUT2D eigenvalue weighted by molar-refractivity contribution is 0.191. The van der Waals surface area contributed by atoms with Crippen LogP contribution in [0.4, 0.5) is 5.69 Å². The highest BCUT2D eigenvalue weighted by Gasteiger charge is 2.08. The summed E-state index contributed by atoms with van der Waals surface area (Å²) < 4.78 is 0. The zero-order valence-electron chi connectivity index (χ0n) is 11.5. The average Bonchev–Trinajstić information content (AvgIpc) is 2.53. The molecule has 1 atom stereocenters. The first-order valence-corrected chi connectivity index (χ1v) is 7.27. The van der Waals surface area contributed by atoms with Crippen LogP contribution in [0, 0.1) is 0 Å². The van der Waals surface area contributed by atoms with Crippen LogP contribution in [0.5, 0.6) is 0 Å². The van der Waals surface area contributed by atoms with E-state index < -0.39 is 6.10 Å². The van der Waals surface area contributed by atoms with Crippen molar-refractivity contribution in [1.82, 2.24) is 0 Å². The quantitative estimate of drug-likeness (QED) is 0.735. The second-order valence-corrected chi connectivity index (χ2v) is 5.41. The molecule has 3 aromatic rings. The number of aliphatic hydroxyl groups excluding tert-OH is 1. The molecule has 0 fully saturated rings. The summed E-state index contributed by atoms with van der Waals surface area (Å²) in [5.41, 5.74) is 1.88. The zero-order chi connectivity index (χ0) is 14.7. The molecule has 0 radical (unpaired) electrons. The van der Waals surface area contributed by atoms with Gasteiger partial charge < -0.3 is 10.4 Å². The van der Waals surface area contributed by atoms with E-state index in [1.165, 1.54) is 5.39 Å². The van der Waals surface area contributed by atoms with E-state index in [0.717, 1.165) is 16.6 Å². The molecule has 0 aliphatic carbocycles. The molecule has 3 rings (SSSR count). The number of halogens is 1. The Hall–Kier alpha value is -2.03. The fourth-order valence-corrected chi connectivity index (χ4v) is 2.51. The highest BCUT2D eigenvalue weighted by molar-refractivity contribution is 6.30. The van der Waals surface area contributed by atoms with Crippen molar-refractivity contribution in [2.75, 3.05) is 11.9 Å². The summed E-state index contributed by atoms with van der Waals surface area (Å²) in [4.78, 5) is 0. The van der Waals surface area contributed by atoms with Gasteiger partial charge in [0.05, 0.1) is 6.10 Å². The summed E-state index contributed by atoms with van der Waals surface area (Å²) in [5.74, 6) is 0. The molecule has 2 N–H and O–H groups in total. The van der Waals surface area contributed by atoms with E-state index in [-0.39, 0.29) is 0 Å². The lowest BCUT2D eigenvalue weighted by Crippen LogP contribution is -2.12. The lowest BCUT2D eigenvalue weighted by atomic mass is 10.1. The summed E-state index contributed by atoms with van der Waals surface area (Å²) in [6, 6.07) is 21.6. The molecule has 0 saturated heterocycles. The molecule has 2 nitrogen and oxygen atoms in total. The van der Waals surface area contributed by atoms with Crippen LogP contribution in [0.15, 0.2) is 66.7 Å². The molecule has 0 saturated carbocycles. The number of fused-ring (bicyclic) bond motifs is 1. The van der Waals surface area contributed by atoms with Crippen molar-refractivity contribution < 1.29 is 5.11 Å². The molecule has 0 bridgehead atoms. The standard InChI is InChI=1S/C18H16ClNO/c19-15-10-8-14(9-11-15)18(21)12-20-17-7-3-5-13-4-1-2-6-16(13)17/h1-11,18,20-21H,12H2. The van der Waals surface area contributed by atoms with Gasteiger partial charge in [0, 0.05) is 22.6 Å². The monoisotopic (exact) mass is 297 g/mol. The van der Waals surface area contributed by atoms with Gasteiger partial charge in [0.1, 0.15) is 0 Å². The predicted molar refractivity (Wildman–Crippen MR) is 88.8 cm³/mol. The Morgan fingerprint density at radius 2 is 1.62 bits per heavy atom. The van der Waals surface area contributed by atoms with Gasteiger partial charge in [0.15, 0.2) is 0 Å². The summed E-state index contributed by atoms with van der Waals surface area (Å²) in [5, 5.41) is 16.6. The number of rotatable bonds is 4. The van der Waals surface area contributed by atoms with Crippen LogP contribution < -0.4 is 5.32 Å². The third-order valence-electron chi connectivity index (χ3n) is 3.53. The third kappa shape index (κ3) is 3.18. The average molecular weight is 298 g/mol. The van der Waals surface area contributed by atoms with E-state index in [9.17, 15) is 5.11 Å². The first kappa shape index (κ1) is 13.9. The molecular weight excluding hydrogens is 282 g/mol. The van der Waals surface area contributed by atoms with Crippen molar-refractivity contribution in [3.05, 3.63) is 77.3 Å². The smallest absolute Gasteiger partial charge is 0.0962 e. The van der Waals surface area contributed by atoms with Gasteiger partial charge in [-0.2, -0.15) is 0 Å². The Morgan fingerprint density at radius 3 is 2.43 bits per heavy atom. The number of hydrogen-bond donors (Lipinski definition) is 2. The highest BCUT2D eigenvalue weighted by atomic mass is 35.5. The zero-order valence-corrected chi connectivity index (χ0v) is 12.2. The van der Waals surface area contributed by atoms with E-state index in [1.807, 2.05) is 36.4 Å². The summed E-state index contributed by atoms with van der Waals surface area (Å²) >= 11 is 5.86. The second kappa shape index (κ2) is 6.17. The van der Waals surface area contributed by atoms with E-state index in [4.69, 9.17) is 11.6 Å².